The van der Waals surface area contributed by atoms with Crippen molar-refractivity contribution in [2.24, 2.45) is 0 Å². The standard InChI is InChI=1S/C16H30O/c1-6-8-10-14(3)12-16(11-9-7-2)15(4)13-17-5/h3,6-13H2,1-2,4-5H3/b16-15+. The molecule has 0 bridgehead atoms. The fourth-order valence-electron chi connectivity index (χ4n) is 1.98. The van der Waals surface area contributed by atoms with Gasteiger partial charge >= 0.3 is 0 Å². The summed E-state index contributed by atoms with van der Waals surface area (Å²) in [6, 6.07) is 0. The van der Waals surface area contributed by atoms with Crippen LogP contribution in [0.15, 0.2) is 23.3 Å². The highest BCUT2D eigenvalue weighted by Crippen LogP contribution is 2.23. The Labute approximate surface area is 108 Å². The van der Waals surface area contributed by atoms with Gasteiger partial charge in [0.2, 0.25) is 0 Å². The highest BCUT2D eigenvalue weighted by Gasteiger charge is 2.05. The lowest BCUT2D eigenvalue weighted by Crippen LogP contribution is -1.98. The maximum absolute atomic E-state index is 5.24. The zero-order valence-electron chi connectivity index (χ0n) is 12.3. The Morgan fingerprint density at radius 1 is 1.06 bits per heavy atom. The molecule has 0 amide bonds. The first kappa shape index (κ1) is 16.4. The average Bonchev–Trinajstić information content (AvgIpc) is 2.32. The molecule has 17 heavy (non-hydrogen) atoms. The van der Waals surface area contributed by atoms with E-state index in [1.54, 1.807) is 12.7 Å². The van der Waals surface area contributed by atoms with Crippen molar-refractivity contribution in [2.75, 3.05) is 13.7 Å². The van der Waals surface area contributed by atoms with Crippen LogP contribution in [0.4, 0.5) is 0 Å². The predicted octanol–water partition coefficient (Wildman–Crippen LogP) is 5.28. The van der Waals surface area contributed by atoms with Gasteiger partial charge in [-0.25, -0.2) is 0 Å². The summed E-state index contributed by atoms with van der Waals surface area (Å²) in [5.74, 6) is 0. The minimum Gasteiger partial charge on any atom is -0.380 e. The Bertz CT molecular complexity index is 238. The first-order valence-corrected chi connectivity index (χ1v) is 6.98. The number of methoxy groups -OCH3 is 1. The predicted molar refractivity (Wildman–Crippen MR) is 77.4 cm³/mol. The number of hydrogen-bond acceptors (Lipinski definition) is 1. The Balaban J connectivity index is 4.37. The van der Waals surface area contributed by atoms with Gasteiger partial charge in [0.25, 0.3) is 0 Å². The lowest BCUT2D eigenvalue weighted by atomic mass is 9.94. The summed E-state index contributed by atoms with van der Waals surface area (Å²) in [6.07, 6.45) is 8.51. The molecule has 0 spiro atoms. The van der Waals surface area contributed by atoms with Crippen molar-refractivity contribution >= 4 is 0 Å². The van der Waals surface area contributed by atoms with Gasteiger partial charge in [-0.15, -0.1) is 0 Å². The molecule has 1 heteroatoms. The Morgan fingerprint density at radius 3 is 2.18 bits per heavy atom. The highest BCUT2D eigenvalue weighted by atomic mass is 16.5. The van der Waals surface area contributed by atoms with Gasteiger partial charge < -0.3 is 4.74 Å². The van der Waals surface area contributed by atoms with Crippen molar-refractivity contribution in [1.82, 2.24) is 0 Å². The van der Waals surface area contributed by atoms with E-state index in [0.29, 0.717) is 0 Å². The fraction of sp³-hybridized carbons (Fsp3) is 0.750. The number of allylic oxidation sites excluding steroid dienone is 2. The molecule has 0 N–H and O–H groups in total. The monoisotopic (exact) mass is 238 g/mol. The normalized spacial score (nSPS) is 12.5. The molecule has 0 saturated carbocycles. The minimum absolute atomic E-state index is 0.764. The summed E-state index contributed by atoms with van der Waals surface area (Å²) in [4.78, 5) is 0. The molecule has 100 valence electrons. The van der Waals surface area contributed by atoms with E-state index in [2.05, 4.69) is 27.4 Å². The van der Waals surface area contributed by atoms with Crippen molar-refractivity contribution in [2.45, 2.75) is 65.7 Å². The van der Waals surface area contributed by atoms with Gasteiger partial charge in [-0.1, -0.05) is 44.4 Å². The second-order valence-corrected chi connectivity index (χ2v) is 4.95. The molecule has 0 aromatic carbocycles. The molecule has 0 rings (SSSR count). The van der Waals surface area contributed by atoms with E-state index in [0.717, 1.165) is 13.0 Å². The molecule has 0 radical (unpaired) electrons. The Hall–Kier alpha value is -0.560. The van der Waals surface area contributed by atoms with E-state index in [1.165, 1.54) is 49.7 Å². The van der Waals surface area contributed by atoms with Gasteiger partial charge in [0, 0.05) is 7.11 Å². The van der Waals surface area contributed by atoms with Crippen LogP contribution in [-0.2, 0) is 4.74 Å². The van der Waals surface area contributed by atoms with Crippen molar-refractivity contribution in [3.8, 4) is 0 Å². The lowest BCUT2D eigenvalue weighted by Gasteiger charge is -2.13. The molecule has 0 aliphatic carbocycles. The maximum Gasteiger partial charge on any atom is 0.0673 e. The third-order valence-electron chi connectivity index (χ3n) is 3.14. The maximum atomic E-state index is 5.24. The van der Waals surface area contributed by atoms with E-state index in [-0.39, 0.29) is 0 Å². The average molecular weight is 238 g/mol. The van der Waals surface area contributed by atoms with Crippen molar-refractivity contribution in [3.63, 3.8) is 0 Å². The van der Waals surface area contributed by atoms with E-state index < -0.39 is 0 Å². The van der Waals surface area contributed by atoms with Crippen LogP contribution in [0.2, 0.25) is 0 Å². The van der Waals surface area contributed by atoms with Crippen LogP contribution < -0.4 is 0 Å². The molecular weight excluding hydrogens is 208 g/mol. The molecular formula is C16H30O. The van der Waals surface area contributed by atoms with E-state index in [9.17, 15) is 0 Å². The van der Waals surface area contributed by atoms with Crippen LogP contribution in [0.25, 0.3) is 0 Å². The summed E-state index contributed by atoms with van der Waals surface area (Å²) >= 11 is 0. The van der Waals surface area contributed by atoms with Gasteiger partial charge in [-0.3, -0.25) is 0 Å². The Morgan fingerprint density at radius 2 is 1.65 bits per heavy atom. The molecule has 0 aliphatic rings. The first-order chi connectivity index (χ1) is 8.15. The van der Waals surface area contributed by atoms with Crippen LogP contribution in [0.1, 0.15) is 65.7 Å². The number of ether oxygens (including phenoxy) is 1. The summed E-state index contributed by atoms with van der Waals surface area (Å²) in [5, 5.41) is 0. The summed E-state index contributed by atoms with van der Waals surface area (Å²) in [7, 11) is 1.77. The van der Waals surface area contributed by atoms with E-state index in [1.807, 2.05) is 0 Å². The second-order valence-electron chi connectivity index (χ2n) is 4.95. The minimum atomic E-state index is 0.764. The van der Waals surface area contributed by atoms with Crippen molar-refractivity contribution < 1.29 is 4.74 Å². The SMILES string of the molecule is C=C(CCCC)C/C(CCCC)=C(\C)COC. The third-order valence-corrected chi connectivity index (χ3v) is 3.14. The summed E-state index contributed by atoms with van der Waals surface area (Å²) < 4.78 is 5.24. The van der Waals surface area contributed by atoms with Crippen molar-refractivity contribution in [3.05, 3.63) is 23.3 Å². The topological polar surface area (TPSA) is 9.23 Å². The molecule has 0 atom stereocenters. The van der Waals surface area contributed by atoms with E-state index in [4.69, 9.17) is 4.74 Å². The molecule has 0 aromatic heterocycles. The largest absolute Gasteiger partial charge is 0.380 e. The van der Waals surface area contributed by atoms with Gasteiger partial charge in [0.15, 0.2) is 0 Å². The quantitative estimate of drug-likeness (QED) is 0.471. The summed E-state index contributed by atoms with van der Waals surface area (Å²) in [5.41, 5.74) is 4.34. The molecule has 0 unspecified atom stereocenters. The van der Waals surface area contributed by atoms with Crippen LogP contribution in [0.5, 0.6) is 0 Å². The summed E-state index contributed by atoms with van der Waals surface area (Å²) in [6.45, 7) is 11.6. The molecule has 1 nitrogen and oxygen atoms in total. The lowest BCUT2D eigenvalue weighted by molar-refractivity contribution is 0.224. The van der Waals surface area contributed by atoms with Crippen LogP contribution in [0.3, 0.4) is 0 Å². The van der Waals surface area contributed by atoms with E-state index >= 15 is 0 Å². The zero-order valence-corrected chi connectivity index (χ0v) is 12.3. The number of unbranched alkanes of at least 4 members (excludes halogenated alkanes) is 2. The van der Waals surface area contributed by atoms with Crippen molar-refractivity contribution in [1.29, 1.82) is 0 Å². The molecule has 0 heterocycles. The Kier molecular flexibility index (Phi) is 10.2. The first-order valence-electron chi connectivity index (χ1n) is 6.98. The van der Waals surface area contributed by atoms with Gasteiger partial charge in [-0.05, 0) is 44.6 Å². The van der Waals surface area contributed by atoms with Crippen LogP contribution >= 0.6 is 0 Å². The molecule has 0 aliphatic heterocycles. The van der Waals surface area contributed by atoms with Gasteiger partial charge in [0.1, 0.15) is 0 Å². The van der Waals surface area contributed by atoms with Crippen LogP contribution in [-0.4, -0.2) is 13.7 Å². The molecule has 0 saturated heterocycles. The fourth-order valence-corrected chi connectivity index (χ4v) is 1.98. The number of rotatable bonds is 10. The highest BCUT2D eigenvalue weighted by molar-refractivity contribution is 5.19. The molecule has 0 aromatic rings. The van der Waals surface area contributed by atoms with Gasteiger partial charge in [0.05, 0.1) is 6.61 Å². The smallest absolute Gasteiger partial charge is 0.0673 e. The third kappa shape index (κ3) is 8.20. The second kappa shape index (κ2) is 10.6. The van der Waals surface area contributed by atoms with Gasteiger partial charge in [-0.2, -0.15) is 0 Å². The number of hydrogen-bond donors (Lipinski definition) is 0. The van der Waals surface area contributed by atoms with Crippen LogP contribution in [0, 0.1) is 0 Å². The zero-order chi connectivity index (χ0) is 13.1. The molecule has 0 fully saturated rings.